The van der Waals surface area contributed by atoms with Gasteiger partial charge in [0.1, 0.15) is 6.73 Å². The summed E-state index contributed by atoms with van der Waals surface area (Å²) < 4.78 is 5.26. The van der Waals surface area contributed by atoms with E-state index in [9.17, 15) is 9.59 Å². The molecule has 3 rings (SSSR count). The fraction of sp³-hybridized carbons (Fsp3) is 0.412. The molecule has 0 spiro atoms. The van der Waals surface area contributed by atoms with Gasteiger partial charge in [-0.1, -0.05) is 29.8 Å². The monoisotopic (exact) mass is 317 g/mol. The van der Waals surface area contributed by atoms with Crippen LogP contribution in [0.5, 0.6) is 0 Å². The first kappa shape index (κ1) is 15.3. The highest BCUT2D eigenvalue weighted by atomic mass is 32.2. The summed E-state index contributed by atoms with van der Waals surface area (Å²) in [5.74, 6) is -0.524. The number of rotatable bonds is 3. The Morgan fingerprint density at radius 1 is 1.32 bits per heavy atom. The molecule has 22 heavy (non-hydrogen) atoms. The van der Waals surface area contributed by atoms with Crippen LogP contribution in [-0.4, -0.2) is 36.5 Å². The van der Waals surface area contributed by atoms with E-state index in [2.05, 4.69) is 4.90 Å². The molecule has 5 heteroatoms. The lowest BCUT2D eigenvalue weighted by Gasteiger charge is -2.25. The van der Waals surface area contributed by atoms with E-state index in [1.165, 1.54) is 24.3 Å². The zero-order valence-electron chi connectivity index (χ0n) is 12.6. The number of allylic oxidation sites excluding steroid dienone is 1. The van der Waals surface area contributed by atoms with E-state index < -0.39 is 5.97 Å². The molecule has 1 aromatic carbocycles. The number of hydrogen-bond acceptors (Lipinski definition) is 5. The largest absolute Gasteiger partial charge is 0.446 e. The van der Waals surface area contributed by atoms with Crippen LogP contribution in [0.15, 0.2) is 34.1 Å². The maximum absolute atomic E-state index is 12.3. The summed E-state index contributed by atoms with van der Waals surface area (Å²) in [4.78, 5) is 27.7. The Balaban J connectivity index is 1.61. The van der Waals surface area contributed by atoms with Gasteiger partial charge in [-0.15, -0.1) is 0 Å². The zero-order valence-corrected chi connectivity index (χ0v) is 13.4. The van der Waals surface area contributed by atoms with Crippen LogP contribution in [0.2, 0.25) is 0 Å². The molecule has 2 heterocycles. The first-order chi connectivity index (χ1) is 10.6. The number of carbonyl (C=O) groups is 2. The molecule has 2 aliphatic heterocycles. The Morgan fingerprint density at radius 2 is 2.09 bits per heavy atom. The topological polar surface area (TPSA) is 46.6 Å². The van der Waals surface area contributed by atoms with Crippen molar-refractivity contribution in [2.45, 2.75) is 31.1 Å². The van der Waals surface area contributed by atoms with Crippen molar-refractivity contribution in [2.75, 3.05) is 19.8 Å². The number of carbonyl (C=O) groups excluding carboxylic acids is 2. The zero-order chi connectivity index (χ0) is 15.5. The molecule has 0 aliphatic carbocycles. The molecule has 1 fully saturated rings. The molecule has 0 saturated carbocycles. The molecule has 2 aliphatic rings. The predicted octanol–water partition coefficient (Wildman–Crippen LogP) is 3.15. The van der Waals surface area contributed by atoms with Crippen molar-refractivity contribution in [3.8, 4) is 0 Å². The molecule has 0 atom stereocenters. The Kier molecular flexibility index (Phi) is 4.64. The average molecular weight is 317 g/mol. The van der Waals surface area contributed by atoms with Gasteiger partial charge in [0.15, 0.2) is 0 Å². The minimum atomic E-state index is -0.439. The first-order valence-corrected chi connectivity index (χ1v) is 8.39. The number of ketones is 1. The molecule has 0 radical (unpaired) electrons. The highest BCUT2D eigenvalue weighted by molar-refractivity contribution is 8.04. The molecule has 1 saturated heterocycles. The standard InChI is InChI=1S/C17H19NO3S/c1-12-5-6-14-13(9-12)17(20)15(22-14)10-16(19)21-11-18-7-3-2-4-8-18/h5-6,9-10H,2-4,7-8,11H2,1H3. The van der Waals surface area contributed by atoms with Crippen molar-refractivity contribution >= 4 is 23.5 Å². The minimum Gasteiger partial charge on any atom is -0.446 e. The lowest BCUT2D eigenvalue weighted by Crippen LogP contribution is -2.32. The van der Waals surface area contributed by atoms with Gasteiger partial charge in [-0.05, 0) is 31.9 Å². The van der Waals surface area contributed by atoms with Crippen molar-refractivity contribution in [1.29, 1.82) is 0 Å². The number of likely N-dealkylation sites (tertiary alicyclic amines) is 1. The van der Waals surface area contributed by atoms with Gasteiger partial charge in [0, 0.05) is 29.6 Å². The van der Waals surface area contributed by atoms with Gasteiger partial charge in [-0.3, -0.25) is 9.69 Å². The molecule has 0 amide bonds. The number of fused-ring (bicyclic) bond motifs is 1. The van der Waals surface area contributed by atoms with E-state index in [0.29, 0.717) is 17.2 Å². The first-order valence-electron chi connectivity index (χ1n) is 7.57. The van der Waals surface area contributed by atoms with Gasteiger partial charge in [0.05, 0.1) is 4.91 Å². The SMILES string of the molecule is Cc1ccc2c(c1)C(=O)C(=CC(=O)OCN1CCCCC1)S2. The highest BCUT2D eigenvalue weighted by Gasteiger charge is 2.26. The summed E-state index contributed by atoms with van der Waals surface area (Å²) in [6.45, 7) is 4.21. The number of esters is 1. The lowest BCUT2D eigenvalue weighted by molar-refractivity contribution is -0.142. The average Bonchev–Trinajstić information content (AvgIpc) is 2.82. The van der Waals surface area contributed by atoms with Crippen LogP contribution in [0.4, 0.5) is 0 Å². The van der Waals surface area contributed by atoms with Crippen LogP contribution in [0, 0.1) is 6.92 Å². The molecule has 116 valence electrons. The van der Waals surface area contributed by atoms with Gasteiger partial charge in [-0.25, -0.2) is 4.79 Å². The van der Waals surface area contributed by atoms with Gasteiger partial charge >= 0.3 is 5.97 Å². The molecule has 0 N–H and O–H groups in total. The lowest BCUT2D eigenvalue weighted by atomic mass is 10.1. The molecule has 0 bridgehead atoms. The summed E-state index contributed by atoms with van der Waals surface area (Å²) in [5, 5.41) is 0. The minimum absolute atomic E-state index is 0.0846. The number of Topliss-reactive ketones (excluding diaryl/α,β-unsaturated/α-hetero) is 1. The van der Waals surface area contributed by atoms with E-state index in [4.69, 9.17) is 4.74 Å². The number of benzene rings is 1. The third-order valence-corrected chi connectivity index (χ3v) is 5.01. The summed E-state index contributed by atoms with van der Waals surface area (Å²) >= 11 is 1.34. The fourth-order valence-electron chi connectivity index (χ4n) is 2.69. The van der Waals surface area contributed by atoms with Gasteiger partial charge in [0.25, 0.3) is 0 Å². The molecule has 0 aromatic heterocycles. The fourth-order valence-corrected chi connectivity index (χ4v) is 3.69. The molecular weight excluding hydrogens is 298 g/mol. The van der Waals surface area contributed by atoms with Gasteiger partial charge in [-0.2, -0.15) is 0 Å². The Morgan fingerprint density at radius 3 is 2.86 bits per heavy atom. The number of nitrogens with zero attached hydrogens (tertiary/aromatic N) is 1. The van der Waals surface area contributed by atoms with Gasteiger partial charge < -0.3 is 4.74 Å². The van der Waals surface area contributed by atoms with Crippen LogP contribution < -0.4 is 0 Å². The summed E-state index contributed by atoms with van der Waals surface area (Å²) in [6, 6.07) is 5.76. The van der Waals surface area contributed by atoms with Gasteiger partial charge in [0.2, 0.25) is 5.78 Å². The third kappa shape index (κ3) is 3.42. The van der Waals surface area contributed by atoms with Crippen LogP contribution in [-0.2, 0) is 9.53 Å². The Bertz CT molecular complexity index is 633. The van der Waals surface area contributed by atoms with Crippen molar-refractivity contribution in [3.63, 3.8) is 0 Å². The normalized spacial score (nSPS) is 20.2. The van der Waals surface area contributed by atoms with Crippen molar-refractivity contribution in [2.24, 2.45) is 0 Å². The van der Waals surface area contributed by atoms with E-state index in [0.717, 1.165) is 36.4 Å². The number of aryl methyl sites for hydroxylation is 1. The molecule has 0 unspecified atom stereocenters. The highest BCUT2D eigenvalue weighted by Crippen LogP contribution is 2.40. The Hall–Kier alpha value is -1.59. The van der Waals surface area contributed by atoms with Crippen LogP contribution in [0.1, 0.15) is 35.2 Å². The number of ether oxygens (including phenoxy) is 1. The second-order valence-corrected chi connectivity index (χ2v) is 6.79. The van der Waals surface area contributed by atoms with Crippen molar-refractivity contribution in [3.05, 3.63) is 40.3 Å². The number of piperidine rings is 1. The van der Waals surface area contributed by atoms with E-state index in [-0.39, 0.29) is 5.78 Å². The third-order valence-electron chi connectivity index (χ3n) is 3.91. The maximum Gasteiger partial charge on any atom is 0.333 e. The van der Waals surface area contributed by atoms with E-state index in [1.807, 2.05) is 25.1 Å². The quantitative estimate of drug-likeness (QED) is 0.633. The maximum atomic E-state index is 12.3. The second-order valence-electron chi connectivity index (χ2n) is 5.71. The summed E-state index contributed by atoms with van der Waals surface area (Å²) in [6.07, 6.45) is 4.88. The number of hydrogen-bond donors (Lipinski definition) is 0. The second kappa shape index (κ2) is 6.67. The molecule has 4 nitrogen and oxygen atoms in total. The van der Waals surface area contributed by atoms with E-state index in [1.54, 1.807) is 0 Å². The smallest absolute Gasteiger partial charge is 0.333 e. The summed E-state index contributed by atoms with van der Waals surface area (Å²) in [5.41, 5.74) is 1.72. The van der Waals surface area contributed by atoms with E-state index >= 15 is 0 Å². The van der Waals surface area contributed by atoms with Crippen LogP contribution in [0.3, 0.4) is 0 Å². The molecule has 1 aromatic rings. The van der Waals surface area contributed by atoms with Crippen molar-refractivity contribution < 1.29 is 14.3 Å². The van der Waals surface area contributed by atoms with Crippen LogP contribution in [0.25, 0.3) is 0 Å². The molecular formula is C17H19NO3S. The number of thioether (sulfide) groups is 1. The van der Waals surface area contributed by atoms with Crippen LogP contribution >= 0.6 is 11.8 Å². The van der Waals surface area contributed by atoms with Crippen molar-refractivity contribution in [1.82, 2.24) is 4.90 Å². The Labute approximate surface area is 134 Å². The summed E-state index contributed by atoms with van der Waals surface area (Å²) in [7, 11) is 0. The predicted molar refractivity (Wildman–Crippen MR) is 85.8 cm³/mol.